The average molecular weight is 476 g/mol. The fraction of sp³-hybridized carbons (Fsp3) is 0.381. The second-order valence-electron chi connectivity index (χ2n) is 8.10. The lowest BCUT2D eigenvalue weighted by Crippen LogP contribution is -2.38. The highest BCUT2D eigenvalue weighted by Gasteiger charge is 2.27. The average Bonchev–Trinajstić information content (AvgIpc) is 3.16. The number of rotatable bonds is 7. The van der Waals surface area contributed by atoms with Gasteiger partial charge in [-0.1, -0.05) is 11.6 Å². The third-order valence-corrected chi connectivity index (χ3v) is 7.02. The van der Waals surface area contributed by atoms with Crippen molar-refractivity contribution in [1.82, 2.24) is 23.7 Å². The van der Waals surface area contributed by atoms with Gasteiger partial charge in [0.25, 0.3) is 0 Å². The van der Waals surface area contributed by atoms with E-state index in [-0.39, 0.29) is 17.5 Å². The minimum Gasteiger partial charge on any atom is -0.377 e. The molecule has 1 fully saturated rings. The van der Waals surface area contributed by atoms with Crippen molar-refractivity contribution in [3.05, 3.63) is 58.0 Å². The highest BCUT2D eigenvalue weighted by Crippen LogP contribution is 2.25. The first kappa shape index (κ1) is 21.2. The first-order valence-electron chi connectivity index (χ1n) is 10.3. The van der Waals surface area contributed by atoms with Gasteiger partial charge in [0.15, 0.2) is 0 Å². The molecule has 0 unspecified atom stereocenters. The van der Waals surface area contributed by atoms with Crippen molar-refractivity contribution in [3.8, 4) is 0 Å². The molecule has 11 heteroatoms. The van der Waals surface area contributed by atoms with Crippen LogP contribution >= 0.6 is 11.6 Å². The fourth-order valence-electron chi connectivity index (χ4n) is 4.21. The largest absolute Gasteiger partial charge is 0.377 e. The number of sulfone groups is 1. The Morgan fingerprint density at radius 3 is 2.69 bits per heavy atom. The Labute approximate surface area is 189 Å². The molecule has 0 aliphatic carbocycles. The van der Waals surface area contributed by atoms with Gasteiger partial charge in [-0.15, -0.1) is 0 Å². The number of nitrogens with zero attached hydrogens (tertiary/aromatic N) is 5. The molecular formula is C21H22ClN5O4S. The van der Waals surface area contributed by atoms with E-state index in [0.29, 0.717) is 43.4 Å². The molecule has 0 atom stereocenters. The molecule has 9 nitrogen and oxygen atoms in total. The molecular weight excluding hydrogens is 454 g/mol. The summed E-state index contributed by atoms with van der Waals surface area (Å²) in [5, 5.41) is 0.375. The molecule has 1 aliphatic rings. The summed E-state index contributed by atoms with van der Waals surface area (Å²) in [5.74, 6) is 0.0813. The monoisotopic (exact) mass is 475 g/mol. The van der Waals surface area contributed by atoms with Gasteiger partial charge in [0, 0.05) is 24.7 Å². The van der Waals surface area contributed by atoms with Gasteiger partial charge in [-0.05, 0) is 30.7 Å². The fourth-order valence-corrected chi connectivity index (χ4v) is 5.02. The zero-order chi connectivity index (χ0) is 22.5. The van der Waals surface area contributed by atoms with E-state index in [1.54, 1.807) is 27.6 Å². The topological polar surface area (TPSA) is 101 Å². The Balaban J connectivity index is 1.60. The normalized spacial score (nSPS) is 14.9. The summed E-state index contributed by atoms with van der Waals surface area (Å²) in [6.07, 6.45) is 5.05. The van der Waals surface area contributed by atoms with Crippen LogP contribution in [0.15, 0.2) is 41.5 Å². The number of hydrogen-bond acceptors (Lipinski definition) is 6. The number of fused-ring (bicyclic) bond motifs is 2. The number of aryl methyl sites for hydroxylation is 1. The van der Waals surface area contributed by atoms with E-state index in [2.05, 4.69) is 9.97 Å². The van der Waals surface area contributed by atoms with Crippen molar-refractivity contribution in [2.45, 2.75) is 25.6 Å². The highest BCUT2D eigenvalue weighted by molar-refractivity contribution is 7.90. The molecule has 168 valence electrons. The van der Waals surface area contributed by atoms with Crippen LogP contribution in [0, 0.1) is 0 Å². The maximum atomic E-state index is 13.4. The molecule has 1 saturated heterocycles. The quantitative estimate of drug-likeness (QED) is 0.380. The van der Waals surface area contributed by atoms with Crippen LogP contribution in [-0.2, 0) is 27.7 Å². The lowest BCUT2D eigenvalue weighted by atomic mass is 10.2. The number of pyridine rings is 2. The maximum Gasteiger partial charge on any atom is 0.329 e. The molecule has 1 aliphatic heterocycles. The SMILES string of the molecule is CS(=O)(=O)CCCn1c(Cn2c(=O)n(C3COC3)c3ccncc32)cc2nc(Cl)ccc21. The maximum absolute atomic E-state index is 13.4. The summed E-state index contributed by atoms with van der Waals surface area (Å²) in [5.41, 5.74) is 3.83. The summed E-state index contributed by atoms with van der Waals surface area (Å²) in [4.78, 5) is 22.0. The molecule has 0 saturated carbocycles. The van der Waals surface area contributed by atoms with Gasteiger partial charge >= 0.3 is 5.69 Å². The number of halogens is 1. The van der Waals surface area contributed by atoms with Crippen molar-refractivity contribution in [1.29, 1.82) is 0 Å². The summed E-state index contributed by atoms with van der Waals surface area (Å²) >= 11 is 6.09. The van der Waals surface area contributed by atoms with Crippen LogP contribution in [0.5, 0.6) is 0 Å². The predicted octanol–water partition coefficient (Wildman–Crippen LogP) is 2.26. The van der Waals surface area contributed by atoms with Gasteiger partial charge in [0.05, 0.1) is 59.8 Å². The zero-order valence-electron chi connectivity index (χ0n) is 17.4. The van der Waals surface area contributed by atoms with Crippen LogP contribution in [-0.4, -0.2) is 57.3 Å². The van der Waals surface area contributed by atoms with Gasteiger partial charge in [-0.25, -0.2) is 18.2 Å². The van der Waals surface area contributed by atoms with Crippen molar-refractivity contribution < 1.29 is 13.2 Å². The zero-order valence-corrected chi connectivity index (χ0v) is 19.0. The molecule has 5 rings (SSSR count). The van der Waals surface area contributed by atoms with E-state index in [1.165, 1.54) is 6.26 Å². The van der Waals surface area contributed by atoms with Crippen LogP contribution in [0.2, 0.25) is 5.15 Å². The summed E-state index contributed by atoms with van der Waals surface area (Å²) in [6.45, 7) is 1.80. The highest BCUT2D eigenvalue weighted by atomic mass is 35.5. The minimum absolute atomic E-state index is 0.00902. The standard InChI is InChI=1S/C21H22ClN5O4S/c1-32(29,30)8-2-7-25-14(9-16-17(25)3-4-20(22)24-16)11-26-19-10-23-6-5-18(19)27(21(26)28)15-12-31-13-15/h3-6,9-10,15H,2,7-8,11-13H2,1H3. The Morgan fingerprint density at radius 1 is 1.16 bits per heavy atom. The summed E-state index contributed by atoms with van der Waals surface area (Å²) < 4.78 is 34.1. The van der Waals surface area contributed by atoms with E-state index in [4.69, 9.17) is 16.3 Å². The van der Waals surface area contributed by atoms with Gasteiger partial charge in [-0.2, -0.15) is 0 Å². The van der Waals surface area contributed by atoms with Crippen molar-refractivity contribution in [2.75, 3.05) is 25.2 Å². The number of imidazole rings is 1. The van der Waals surface area contributed by atoms with E-state index >= 15 is 0 Å². The van der Waals surface area contributed by atoms with E-state index in [0.717, 1.165) is 22.2 Å². The van der Waals surface area contributed by atoms with Crippen LogP contribution in [0.3, 0.4) is 0 Å². The molecule has 0 N–H and O–H groups in total. The Hall–Kier alpha value is -2.69. The van der Waals surface area contributed by atoms with E-state index < -0.39 is 9.84 Å². The van der Waals surface area contributed by atoms with Gasteiger partial charge in [-0.3, -0.25) is 14.1 Å². The van der Waals surface area contributed by atoms with Crippen LogP contribution in [0.4, 0.5) is 0 Å². The molecule has 4 aromatic heterocycles. The van der Waals surface area contributed by atoms with Gasteiger partial charge in [0.1, 0.15) is 15.0 Å². The van der Waals surface area contributed by atoms with Crippen LogP contribution in [0.1, 0.15) is 18.2 Å². The molecule has 0 radical (unpaired) electrons. The first-order chi connectivity index (χ1) is 15.3. The van der Waals surface area contributed by atoms with Crippen molar-refractivity contribution in [3.63, 3.8) is 0 Å². The second-order valence-corrected chi connectivity index (χ2v) is 10.8. The lowest BCUT2D eigenvalue weighted by molar-refractivity contribution is -0.0231. The van der Waals surface area contributed by atoms with Crippen molar-refractivity contribution in [2.24, 2.45) is 0 Å². The van der Waals surface area contributed by atoms with Gasteiger partial charge < -0.3 is 9.30 Å². The Kier molecular flexibility index (Phi) is 5.31. The Morgan fingerprint density at radius 2 is 1.97 bits per heavy atom. The molecule has 4 aromatic rings. The van der Waals surface area contributed by atoms with E-state index in [9.17, 15) is 13.2 Å². The minimum atomic E-state index is -3.08. The summed E-state index contributed by atoms with van der Waals surface area (Å²) in [7, 11) is -3.08. The van der Waals surface area contributed by atoms with Gasteiger partial charge in [0.2, 0.25) is 0 Å². The van der Waals surface area contributed by atoms with Crippen LogP contribution in [0.25, 0.3) is 22.1 Å². The molecule has 32 heavy (non-hydrogen) atoms. The summed E-state index contributed by atoms with van der Waals surface area (Å²) in [6, 6.07) is 7.33. The molecule has 0 amide bonds. The number of ether oxygens (including phenoxy) is 1. The van der Waals surface area contributed by atoms with Crippen LogP contribution < -0.4 is 5.69 Å². The van der Waals surface area contributed by atoms with E-state index in [1.807, 2.05) is 22.8 Å². The molecule has 5 heterocycles. The lowest BCUT2D eigenvalue weighted by Gasteiger charge is -2.27. The smallest absolute Gasteiger partial charge is 0.329 e. The Bertz CT molecular complexity index is 1480. The molecule has 0 spiro atoms. The van der Waals surface area contributed by atoms with Crippen molar-refractivity contribution >= 4 is 43.5 Å². The second kappa shape index (κ2) is 8.02. The first-order valence-corrected chi connectivity index (χ1v) is 12.7. The molecule has 0 aromatic carbocycles. The predicted molar refractivity (Wildman–Crippen MR) is 122 cm³/mol. The molecule has 0 bridgehead atoms. The third kappa shape index (κ3) is 3.82. The number of hydrogen-bond donors (Lipinski definition) is 0. The number of aromatic nitrogens is 5. The third-order valence-electron chi connectivity index (χ3n) is 5.78.